The first-order valence-corrected chi connectivity index (χ1v) is 7.32. The Morgan fingerprint density at radius 2 is 1.73 bits per heavy atom. The van der Waals surface area contributed by atoms with Crippen molar-refractivity contribution in [3.05, 3.63) is 29.8 Å². The van der Waals surface area contributed by atoms with Gasteiger partial charge in [0.1, 0.15) is 5.75 Å². The molecule has 0 heterocycles. The van der Waals surface area contributed by atoms with Crippen LogP contribution >= 0.6 is 12.4 Å². The monoisotopic (exact) mass is 328 g/mol. The Balaban J connectivity index is 0.00000441. The molecule has 0 aliphatic carbocycles. The lowest BCUT2D eigenvalue weighted by molar-refractivity contribution is -0.121. The number of hydrogen-bond donors (Lipinski definition) is 2. The molecule has 0 aliphatic heterocycles. The van der Waals surface area contributed by atoms with Crippen LogP contribution in [0.5, 0.6) is 5.75 Å². The zero-order chi connectivity index (χ0) is 15.5. The van der Waals surface area contributed by atoms with E-state index in [1.807, 2.05) is 0 Å². The van der Waals surface area contributed by atoms with Gasteiger partial charge in [0, 0.05) is 31.5 Å². The molecule has 1 aromatic carbocycles. The second-order valence-corrected chi connectivity index (χ2v) is 4.75. The summed E-state index contributed by atoms with van der Waals surface area (Å²) in [6.45, 7) is 4.39. The molecule has 1 amide bonds. The summed E-state index contributed by atoms with van der Waals surface area (Å²) >= 11 is 0. The molecule has 0 saturated heterocycles. The molecule has 0 atom stereocenters. The molecular weight excluding hydrogens is 304 g/mol. The highest BCUT2D eigenvalue weighted by molar-refractivity contribution is 5.98. The Morgan fingerprint density at radius 1 is 1.05 bits per heavy atom. The van der Waals surface area contributed by atoms with Crippen molar-refractivity contribution in [2.75, 3.05) is 26.7 Å². The maximum absolute atomic E-state index is 11.9. The number of carbonyl (C=O) groups is 2. The molecule has 124 valence electrons. The molecule has 6 heteroatoms. The zero-order valence-electron chi connectivity index (χ0n) is 13.2. The summed E-state index contributed by atoms with van der Waals surface area (Å²) in [6.07, 6.45) is 1.52. The Morgan fingerprint density at radius 3 is 2.32 bits per heavy atom. The zero-order valence-corrected chi connectivity index (χ0v) is 14.0. The molecule has 0 aliphatic rings. The molecule has 0 bridgehead atoms. The first kappa shape index (κ1) is 20.4. The number of halogens is 1. The fraction of sp³-hybridized carbons (Fsp3) is 0.500. The minimum Gasteiger partial charge on any atom is -0.497 e. The average Bonchev–Trinajstić information content (AvgIpc) is 2.52. The van der Waals surface area contributed by atoms with E-state index in [1.54, 1.807) is 31.4 Å². The molecular formula is C16H25ClN2O3. The maximum atomic E-state index is 11.9. The second-order valence-electron chi connectivity index (χ2n) is 4.75. The van der Waals surface area contributed by atoms with Crippen molar-refractivity contribution in [3.63, 3.8) is 0 Å². The van der Waals surface area contributed by atoms with Gasteiger partial charge >= 0.3 is 0 Å². The third-order valence-corrected chi connectivity index (χ3v) is 3.04. The van der Waals surface area contributed by atoms with Gasteiger partial charge < -0.3 is 15.4 Å². The molecule has 0 saturated carbocycles. The van der Waals surface area contributed by atoms with E-state index in [2.05, 4.69) is 17.6 Å². The van der Waals surface area contributed by atoms with Gasteiger partial charge in [-0.25, -0.2) is 0 Å². The van der Waals surface area contributed by atoms with E-state index in [0.717, 1.165) is 19.5 Å². The summed E-state index contributed by atoms with van der Waals surface area (Å²) in [5.74, 6) is 0.593. The first-order chi connectivity index (χ1) is 10.2. The van der Waals surface area contributed by atoms with Gasteiger partial charge in [-0.2, -0.15) is 0 Å². The van der Waals surface area contributed by atoms with E-state index >= 15 is 0 Å². The fourth-order valence-electron chi connectivity index (χ4n) is 1.83. The smallest absolute Gasteiger partial charge is 0.220 e. The molecule has 1 rings (SSSR count). The van der Waals surface area contributed by atoms with Crippen molar-refractivity contribution in [3.8, 4) is 5.75 Å². The number of Topliss-reactive ketones (excluding diaryl/α,β-unsaturated/α-hetero) is 1. The number of benzene rings is 1. The number of methoxy groups -OCH3 is 1. The van der Waals surface area contributed by atoms with Gasteiger partial charge in [0.15, 0.2) is 5.78 Å². The van der Waals surface area contributed by atoms with Gasteiger partial charge in [-0.15, -0.1) is 12.4 Å². The summed E-state index contributed by atoms with van der Waals surface area (Å²) in [5, 5.41) is 5.99. The number of ketones is 1. The number of ether oxygens (including phenoxy) is 1. The fourth-order valence-corrected chi connectivity index (χ4v) is 1.83. The minimum absolute atomic E-state index is 0. The van der Waals surface area contributed by atoms with Crippen LogP contribution in [-0.2, 0) is 4.79 Å². The number of carbonyl (C=O) groups excluding carboxylic acids is 2. The summed E-state index contributed by atoms with van der Waals surface area (Å²) in [5.41, 5.74) is 0.605. The molecule has 1 aromatic rings. The highest BCUT2D eigenvalue weighted by Gasteiger charge is 2.09. The van der Waals surface area contributed by atoms with Gasteiger partial charge in [-0.1, -0.05) is 6.92 Å². The van der Waals surface area contributed by atoms with Crippen LogP contribution in [0.2, 0.25) is 0 Å². The van der Waals surface area contributed by atoms with Crippen molar-refractivity contribution >= 4 is 24.1 Å². The topological polar surface area (TPSA) is 67.4 Å². The summed E-state index contributed by atoms with van der Waals surface area (Å²) in [4.78, 5) is 23.5. The SMILES string of the molecule is CCCNCCNC(=O)CCC(=O)c1ccc(OC)cc1.Cl. The van der Waals surface area contributed by atoms with E-state index < -0.39 is 0 Å². The number of amides is 1. The van der Waals surface area contributed by atoms with Crippen LogP contribution in [0, 0.1) is 0 Å². The summed E-state index contributed by atoms with van der Waals surface area (Å²) in [7, 11) is 1.58. The van der Waals surface area contributed by atoms with E-state index in [0.29, 0.717) is 17.9 Å². The first-order valence-electron chi connectivity index (χ1n) is 7.32. The highest BCUT2D eigenvalue weighted by Crippen LogP contribution is 2.13. The highest BCUT2D eigenvalue weighted by atomic mass is 35.5. The van der Waals surface area contributed by atoms with Crippen LogP contribution in [-0.4, -0.2) is 38.4 Å². The lowest BCUT2D eigenvalue weighted by Gasteiger charge is -2.06. The van der Waals surface area contributed by atoms with Crippen molar-refractivity contribution < 1.29 is 14.3 Å². The van der Waals surface area contributed by atoms with Crippen molar-refractivity contribution in [2.24, 2.45) is 0 Å². The van der Waals surface area contributed by atoms with Crippen LogP contribution < -0.4 is 15.4 Å². The largest absolute Gasteiger partial charge is 0.497 e. The Labute approximate surface area is 138 Å². The van der Waals surface area contributed by atoms with Gasteiger partial charge in [-0.05, 0) is 37.2 Å². The predicted molar refractivity (Wildman–Crippen MR) is 90.0 cm³/mol. The lowest BCUT2D eigenvalue weighted by Crippen LogP contribution is -2.32. The number of rotatable bonds is 10. The maximum Gasteiger partial charge on any atom is 0.220 e. The van der Waals surface area contributed by atoms with Crippen molar-refractivity contribution in [1.82, 2.24) is 10.6 Å². The quantitative estimate of drug-likeness (QED) is 0.510. The Kier molecular flexibility index (Phi) is 11.1. The predicted octanol–water partition coefficient (Wildman–Crippen LogP) is 2.20. The van der Waals surface area contributed by atoms with Crippen LogP contribution in [0.3, 0.4) is 0 Å². The van der Waals surface area contributed by atoms with E-state index in [9.17, 15) is 9.59 Å². The van der Waals surface area contributed by atoms with Gasteiger partial charge in [0.2, 0.25) is 5.91 Å². The van der Waals surface area contributed by atoms with Crippen molar-refractivity contribution in [1.29, 1.82) is 0 Å². The Bertz CT molecular complexity index is 449. The normalized spacial score (nSPS) is 9.73. The lowest BCUT2D eigenvalue weighted by atomic mass is 10.1. The van der Waals surface area contributed by atoms with Crippen LogP contribution in [0.1, 0.15) is 36.5 Å². The van der Waals surface area contributed by atoms with Crippen LogP contribution in [0.25, 0.3) is 0 Å². The van der Waals surface area contributed by atoms with Gasteiger partial charge in [0.05, 0.1) is 7.11 Å². The second kappa shape index (κ2) is 12.0. The van der Waals surface area contributed by atoms with E-state index in [4.69, 9.17) is 4.74 Å². The molecule has 0 aromatic heterocycles. The van der Waals surface area contributed by atoms with Gasteiger partial charge in [-0.3, -0.25) is 9.59 Å². The standard InChI is InChI=1S/C16H24N2O3.ClH/c1-3-10-17-11-12-18-16(20)9-8-15(19)13-4-6-14(21-2)7-5-13;/h4-7,17H,3,8-12H2,1-2H3,(H,18,20);1H. The molecule has 0 radical (unpaired) electrons. The van der Waals surface area contributed by atoms with Crippen LogP contribution in [0.15, 0.2) is 24.3 Å². The van der Waals surface area contributed by atoms with Crippen LogP contribution in [0.4, 0.5) is 0 Å². The summed E-state index contributed by atoms with van der Waals surface area (Å²) in [6, 6.07) is 6.92. The molecule has 2 N–H and O–H groups in total. The minimum atomic E-state index is -0.0878. The third kappa shape index (κ3) is 8.00. The van der Waals surface area contributed by atoms with E-state index in [-0.39, 0.29) is 36.9 Å². The third-order valence-electron chi connectivity index (χ3n) is 3.04. The van der Waals surface area contributed by atoms with Crippen molar-refractivity contribution in [2.45, 2.75) is 26.2 Å². The molecule has 0 fully saturated rings. The number of hydrogen-bond acceptors (Lipinski definition) is 4. The molecule has 22 heavy (non-hydrogen) atoms. The average molecular weight is 329 g/mol. The summed E-state index contributed by atoms with van der Waals surface area (Å²) < 4.78 is 5.04. The van der Waals surface area contributed by atoms with E-state index in [1.165, 1.54) is 0 Å². The number of nitrogens with one attached hydrogen (secondary N) is 2. The molecule has 0 unspecified atom stereocenters. The Hall–Kier alpha value is -1.59. The molecule has 0 spiro atoms. The molecule has 5 nitrogen and oxygen atoms in total. The van der Waals surface area contributed by atoms with Gasteiger partial charge in [0.25, 0.3) is 0 Å².